The number of carbonyl (C=O) groups is 1. The summed E-state index contributed by atoms with van der Waals surface area (Å²) in [5.41, 5.74) is -0.574. The van der Waals surface area contributed by atoms with Gasteiger partial charge >= 0.3 is 12.1 Å². The second kappa shape index (κ2) is 6.70. The summed E-state index contributed by atoms with van der Waals surface area (Å²) in [4.78, 5) is 16.2. The SMILES string of the molecule is CC(C)(C)OC(=O)c1ccc(-n2ccc(O[C@H]3C[C@H]3C(F)(F)F)n2)nc1Cl. The predicted molar refractivity (Wildman–Crippen MR) is 90.1 cm³/mol. The van der Waals surface area contributed by atoms with Crippen LogP contribution in [0.1, 0.15) is 37.6 Å². The minimum atomic E-state index is -4.26. The molecule has 146 valence electrons. The van der Waals surface area contributed by atoms with Crippen molar-refractivity contribution in [1.82, 2.24) is 14.8 Å². The number of alkyl halides is 3. The van der Waals surface area contributed by atoms with Crippen molar-refractivity contribution in [2.45, 2.75) is 45.1 Å². The average molecular weight is 404 g/mol. The van der Waals surface area contributed by atoms with E-state index in [-0.39, 0.29) is 28.8 Å². The molecule has 0 aliphatic heterocycles. The third-order valence-electron chi connectivity index (χ3n) is 3.68. The Bertz CT molecular complexity index is 861. The molecule has 0 aromatic carbocycles. The molecule has 0 unspecified atom stereocenters. The van der Waals surface area contributed by atoms with Crippen molar-refractivity contribution < 1.29 is 27.4 Å². The molecule has 0 N–H and O–H groups in total. The molecule has 2 aromatic heterocycles. The van der Waals surface area contributed by atoms with Gasteiger partial charge in [-0.25, -0.2) is 14.5 Å². The summed E-state index contributed by atoms with van der Waals surface area (Å²) in [6.07, 6.45) is -3.78. The number of rotatable bonds is 4. The minimum absolute atomic E-state index is 0.0564. The van der Waals surface area contributed by atoms with Crippen molar-refractivity contribution in [2.24, 2.45) is 5.92 Å². The molecule has 10 heteroatoms. The highest BCUT2D eigenvalue weighted by Crippen LogP contribution is 2.46. The van der Waals surface area contributed by atoms with E-state index < -0.39 is 29.8 Å². The van der Waals surface area contributed by atoms with Gasteiger partial charge in [-0.3, -0.25) is 0 Å². The number of ether oxygens (including phenoxy) is 2. The number of pyridine rings is 1. The van der Waals surface area contributed by atoms with Crippen molar-refractivity contribution >= 4 is 17.6 Å². The lowest BCUT2D eigenvalue weighted by Crippen LogP contribution is -2.24. The number of esters is 1. The van der Waals surface area contributed by atoms with E-state index in [0.29, 0.717) is 0 Å². The van der Waals surface area contributed by atoms with Gasteiger partial charge in [0.05, 0.1) is 11.5 Å². The van der Waals surface area contributed by atoms with Crippen LogP contribution in [0.4, 0.5) is 13.2 Å². The predicted octanol–water partition coefficient (Wildman–Crippen LogP) is 4.21. The number of halogens is 4. The van der Waals surface area contributed by atoms with E-state index in [9.17, 15) is 18.0 Å². The molecular formula is C17H17ClF3N3O3. The van der Waals surface area contributed by atoms with Gasteiger partial charge in [0.15, 0.2) is 5.82 Å². The van der Waals surface area contributed by atoms with Gasteiger partial charge in [0.25, 0.3) is 0 Å². The first kappa shape index (κ1) is 19.5. The van der Waals surface area contributed by atoms with E-state index in [1.54, 1.807) is 20.8 Å². The van der Waals surface area contributed by atoms with Gasteiger partial charge in [0.2, 0.25) is 5.88 Å². The first-order chi connectivity index (χ1) is 12.4. The molecule has 0 spiro atoms. The Morgan fingerprint density at radius 3 is 2.52 bits per heavy atom. The molecule has 0 bridgehead atoms. The van der Waals surface area contributed by atoms with E-state index in [4.69, 9.17) is 21.1 Å². The van der Waals surface area contributed by atoms with Crippen LogP contribution in [0.15, 0.2) is 24.4 Å². The number of aromatic nitrogens is 3. The Morgan fingerprint density at radius 1 is 1.26 bits per heavy atom. The third kappa shape index (κ3) is 4.71. The van der Waals surface area contributed by atoms with E-state index in [2.05, 4.69) is 10.1 Å². The zero-order valence-electron chi connectivity index (χ0n) is 14.7. The first-order valence-electron chi connectivity index (χ1n) is 8.13. The van der Waals surface area contributed by atoms with Crippen LogP contribution in [0.2, 0.25) is 5.15 Å². The molecule has 3 rings (SSSR count). The average Bonchev–Trinajstić information content (AvgIpc) is 3.13. The molecule has 27 heavy (non-hydrogen) atoms. The van der Waals surface area contributed by atoms with Crippen molar-refractivity contribution in [2.75, 3.05) is 0 Å². The Labute approximate surface area is 158 Å². The second-order valence-electron chi connectivity index (χ2n) is 7.15. The molecular weight excluding hydrogens is 387 g/mol. The minimum Gasteiger partial charge on any atom is -0.473 e. The molecule has 0 saturated heterocycles. The van der Waals surface area contributed by atoms with E-state index >= 15 is 0 Å². The molecule has 1 aliphatic rings. The van der Waals surface area contributed by atoms with Gasteiger partial charge in [0, 0.05) is 12.3 Å². The molecule has 0 radical (unpaired) electrons. The molecule has 2 atom stereocenters. The molecule has 6 nitrogen and oxygen atoms in total. The Morgan fingerprint density at radius 2 is 1.96 bits per heavy atom. The fourth-order valence-electron chi connectivity index (χ4n) is 2.34. The third-order valence-corrected chi connectivity index (χ3v) is 3.96. The molecule has 1 aliphatic carbocycles. The van der Waals surface area contributed by atoms with Crippen LogP contribution in [0.25, 0.3) is 5.82 Å². The Hall–Kier alpha value is -2.29. The summed E-state index contributed by atoms with van der Waals surface area (Å²) in [5, 5.41) is 3.97. The van der Waals surface area contributed by atoms with E-state index in [1.807, 2.05) is 0 Å². The number of carbonyl (C=O) groups excluding carboxylic acids is 1. The zero-order chi connectivity index (χ0) is 20.0. The van der Waals surface area contributed by atoms with Gasteiger partial charge in [-0.15, -0.1) is 5.10 Å². The lowest BCUT2D eigenvalue weighted by atomic mass is 10.2. The monoisotopic (exact) mass is 403 g/mol. The van der Waals surface area contributed by atoms with E-state index in [0.717, 1.165) is 0 Å². The number of nitrogens with zero attached hydrogens (tertiary/aromatic N) is 3. The normalized spacial score (nSPS) is 19.7. The van der Waals surface area contributed by atoms with Gasteiger partial charge in [0.1, 0.15) is 16.9 Å². The molecule has 1 saturated carbocycles. The summed E-state index contributed by atoms with van der Waals surface area (Å²) in [5.74, 6) is -1.72. The molecule has 2 aromatic rings. The van der Waals surface area contributed by atoms with Crippen molar-refractivity contribution in [3.05, 3.63) is 35.1 Å². The maximum absolute atomic E-state index is 12.5. The van der Waals surface area contributed by atoms with Gasteiger partial charge in [-0.2, -0.15) is 13.2 Å². The van der Waals surface area contributed by atoms with Crippen molar-refractivity contribution in [1.29, 1.82) is 0 Å². The first-order valence-corrected chi connectivity index (χ1v) is 8.51. The van der Waals surface area contributed by atoms with Crippen molar-refractivity contribution in [3.63, 3.8) is 0 Å². The fourth-order valence-corrected chi connectivity index (χ4v) is 2.56. The van der Waals surface area contributed by atoms with Gasteiger partial charge in [-0.05, 0) is 39.3 Å². The highest BCUT2D eigenvalue weighted by molar-refractivity contribution is 6.32. The highest BCUT2D eigenvalue weighted by atomic mass is 35.5. The number of hydrogen-bond donors (Lipinski definition) is 0. The van der Waals surface area contributed by atoms with E-state index in [1.165, 1.54) is 29.1 Å². The van der Waals surface area contributed by atoms with Crippen LogP contribution < -0.4 is 4.74 Å². The summed E-state index contributed by atoms with van der Waals surface area (Å²) >= 11 is 6.06. The topological polar surface area (TPSA) is 66.2 Å². The lowest BCUT2D eigenvalue weighted by molar-refractivity contribution is -0.153. The van der Waals surface area contributed by atoms with Crippen LogP contribution in [0.5, 0.6) is 5.88 Å². The molecule has 0 amide bonds. The summed E-state index contributed by atoms with van der Waals surface area (Å²) in [7, 11) is 0. The summed E-state index contributed by atoms with van der Waals surface area (Å²) < 4.78 is 49.4. The number of hydrogen-bond acceptors (Lipinski definition) is 5. The van der Waals surface area contributed by atoms with Gasteiger partial charge < -0.3 is 9.47 Å². The van der Waals surface area contributed by atoms with Crippen LogP contribution in [0.3, 0.4) is 0 Å². The van der Waals surface area contributed by atoms with Crippen LogP contribution >= 0.6 is 11.6 Å². The lowest BCUT2D eigenvalue weighted by Gasteiger charge is -2.19. The molecule has 1 fully saturated rings. The maximum atomic E-state index is 12.5. The van der Waals surface area contributed by atoms with Crippen LogP contribution in [-0.4, -0.2) is 38.6 Å². The summed E-state index contributed by atoms with van der Waals surface area (Å²) in [6.45, 7) is 5.19. The highest BCUT2D eigenvalue weighted by Gasteiger charge is 2.57. The Balaban J connectivity index is 1.70. The van der Waals surface area contributed by atoms with Crippen LogP contribution in [0, 0.1) is 5.92 Å². The standard InChI is InChI=1S/C17H17ClF3N3O3/c1-16(2,3)27-15(25)9-4-5-12(22-14(9)18)24-7-6-13(23-24)26-11-8-10(11)17(19,20)21/h4-7,10-11H,8H2,1-3H3/t10-,11+/m1/s1. The second-order valence-corrected chi connectivity index (χ2v) is 7.51. The maximum Gasteiger partial charge on any atom is 0.395 e. The largest absolute Gasteiger partial charge is 0.473 e. The zero-order valence-corrected chi connectivity index (χ0v) is 15.5. The fraction of sp³-hybridized carbons (Fsp3) is 0.471. The smallest absolute Gasteiger partial charge is 0.395 e. The van der Waals surface area contributed by atoms with Gasteiger partial charge in [-0.1, -0.05) is 11.6 Å². The molecule has 2 heterocycles. The summed E-state index contributed by atoms with van der Waals surface area (Å²) in [6, 6.07) is 4.38. The Kier molecular flexibility index (Phi) is 4.83. The van der Waals surface area contributed by atoms with Crippen molar-refractivity contribution in [3.8, 4) is 11.7 Å². The quantitative estimate of drug-likeness (QED) is 0.565. The van der Waals surface area contributed by atoms with Crippen LogP contribution in [-0.2, 0) is 4.74 Å².